The van der Waals surface area contributed by atoms with E-state index in [0.717, 1.165) is 24.8 Å². The van der Waals surface area contributed by atoms with E-state index < -0.39 is 0 Å². The Balaban J connectivity index is 1.80. The average Bonchev–Trinajstić information content (AvgIpc) is 2.89. The summed E-state index contributed by atoms with van der Waals surface area (Å²) >= 11 is 0. The maximum atomic E-state index is 12.4. The fraction of sp³-hybridized carbons (Fsp3) is 0.870. The van der Waals surface area contributed by atoms with E-state index in [1.54, 1.807) is 0 Å². The predicted molar refractivity (Wildman–Crippen MR) is 104 cm³/mol. The Bertz CT molecular complexity index is 647. The van der Waals surface area contributed by atoms with Crippen LogP contribution in [-0.2, 0) is 9.63 Å². The topological polar surface area (TPSA) is 26.3 Å². The maximum Gasteiger partial charge on any atom is 0.161 e. The van der Waals surface area contributed by atoms with Crippen molar-refractivity contribution >= 4 is 5.78 Å². The average molecular weight is 361 g/mol. The van der Waals surface area contributed by atoms with E-state index in [9.17, 15) is 4.79 Å². The van der Waals surface area contributed by atoms with Gasteiger partial charge in [-0.2, -0.15) is 9.48 Å². The fourth-order valence-corrected chi connectivity index (χ4v) is 7.47. The van der Waals surface area contributed by atoms with Crippen LogP contribution in [0.5, 0.6) is 0 Å². The lowest BCUT2D eigenvalue weighted by atomic mass is 9.50. The summed E-state index contributed by atoms with van der Waals surface area (Å²) in [7, 11) is 2.23. The van der Waals surface area contributed by atoms with Crippen molar-refractivity contribution in [2.45, 2.75) is 85.2 Å². The molecule has 1 heterocycles. The maximum absolute atomic E-state index is 12.4. The number of carbonyl (C=O) groups excluding carboxylic acids is 1. The van der Waals surface area contributed by atoms with E-state index in [2.05, 4.69) is 41.7 Å². The third kappa shape index (κ3) is 2.73. The monoisotopic (exact) mass is 360 g/mol. The van der Waals surface area contributed by atoms with Gasteiger partial charge in [-0.3, -0.25) is 4.79 Å². The molecule has 1 aliphatic heterocycles. The Hall–Kier alpha value is -0.670. The summed E-state index contributed by atoms with van der Waals surface area (Å²) in [6.45, 7) is 12.5. The number of fused-ring (bicyclic) bond motifs is 5. The molecule has 0 N–H and O–H groups in total. The minimum Gasteiger partial charge on any atom is -0.295 e. The lowest BCUT2D eigenvalue weighted by Crippen LogP contribution is -2.65. The number of nitrogens with zero attached hydrogens (tertiary/aromatic N) is 1. The molecule has 0 aromatic heterocycles. The summed E-state index contributed by atoms with van der Waals surface area (Å²) in [4.78, 5) is 19.1. The molecule has 0 bridgehead atoms. The molecular weight excluding hydrogens is 322 g/mol. The minimum absolute atomic E-state index is 0.112. The molecule has 3 heteroatoms. The van der Waals surface area contributed by atoms with E-state index in [4.69, 9.17) is 4.84 Å². The Labute approximate surface area is 159 Å². The largest absolute Gasteiger partial charge is 0.295 e. The Morgan fingerprint density at radius 2 is 1.85 bits per heavy atom. The molecule has 0 aromatic rings. The number of quaternary nitrogens is 1. The molecule has 6 atom stereocenters. The molecule has 26 heavy (non-hydrogen) atoms. The highest BCUT2D eigenvalue weighted by atomic mass is 16.7. The number of hydroxylamine groups is 3. The normalized spacial score (nSPS) is 48.5. The van der Waals surface area contributed by atoms with Crippen molar-refractivity contribution in [3.63, 3.8) is 0 Å². The molecule has 0 spiro atoms. The molecule has 3 nitrogen and oxygen atoms in total. The van der Waals surface area contributed by atoms with Crippen molar-refractivity contribution in [1.29, 1.82) is 0 Å². The van der Waals surface area contributed by atoms with Crippen LogP contribution in [0.25, 0.3) is 0 Å². The smallest absolute Gasteiger partial charge is 0.161 e. The third-order valence-corrected chi connectivity index (χ3v) is 8.35. The fourth-order valence-electron chi connectivity index (χ4n) is 7.47. The van der Waals surface area contributed by atoms with Crippen LogP contribution in [0.3, 0.4) is 0 Å². The molecule has 4 aliphatic rings. The van der Waals surface area contributed by atoms with Crippen molar-refractivity contribution in [1.82, 2.24) is 0 Å². The first-order chi connectivity index (χ1) is 12.0. The molecular formula is C23H38NO2+. The standard InChI is InChI=1S/C23H38NO2/c1-21(2,3)26-24(6)15-17-18-8-7-11-22(18,4)12-10-19(17)23(5)13-9-16(25)14-20(23)24/h14,17-19H,7-13,15H2,1-6H3/q+1/t17-,18-,19-,22-,23+,24?/m0/s1. The first kappa shape index (κ1) is 18.7. The lowest BCUT2D eigenvalue weighted by Gasteiger charge is -2.60. The van der Waals surface area contributed by atoms with E-state index in [1.807, 2.05) is 6.08 Å². The van der Waals surface area contributed by atoms with Gasteiger partial charge < -0.3 is 0 Å². The van der Waals surface area contributed by atoms with Crippen LogP contribution < -0.4 is 0 Å². The van der Waals surface area contributed by atoms with Crippen molar-refractivity contribution in [3.8, 4) is 0 Å². The molecule has 3 fully saturated rings. The SMILES string of the molecule is CC(C)(C)O[N+]1(C)C[C@H]2[C@@H]3CCC[C@@]3(C)CC[C@@H]2[C@@]2(C)CCC(=O)C=C21. The summed E-state index contributed by atoms with van der Waals surface area (Å²) in [5.74, 6) is 2.56. The lowest BCUT2D eigenvalue weighted by molar-refractivity contribution is -1.08. The van der Waals surface area contributed by atoms with Gasteiger partial charge in [0.25, 0.3) is 0 Å². The number of ketones is 1. The molecule has 1 unspecified atom stereocenters. The molecule has 0 aromatic carbocycles. The van der Waals surface area contributed by atoms with Crippen LogP contribution in [0.2, 0.25) is 0 Å². The van der Waals surface area contributed by atoms with Gasteiger partial charge in [0.05, 0.1) is 0 Å². The van der Waals surface area contributed by atoms with Gasteiger partial charge >= 0.3 is 0 Å². The summed E-state index contributed by atoms with van der Waals surface area (Å²) in [6, 6.07) is 0. The summed E-state index contributed by atoms with van der Waals surface area (Å²) in [5.41, 5.74) is 1.68. The second kappa shape index (κ2) is 5.67. The summed E-state index contributed by atoms with van der Waals surface area (Å²) < 4.78 is 0.513. The van der Waals surface area contributed by atoms with E-state index in [-0.39, 0.29) is 11.0 Å². The summed E-state index contributed by atoms with van der Waals surface area (Å²) in [6.07, 6.45) is 10.6. The second-order valence-corrected chi connectivity index (χ2v) is 11.4. The van der Waals surface area contributed by atoms with Crippen LogP contribution in [0.4, 0.5) is 0 Å². The van der Waals surface area contributed by atoms with Gasteiger partial charge in [-0.1, -0.05) is 13.3 Å². The first-order valence-corrected chi connectivity index (χ1v) is 10.8. The number of likely N-dealkylation sites (tertiary alicyclic amines) is 1. The third-order valence-electron chi connectivity index (χ3n) is 8.35. The van der Waals surface area contributed by atoms with E-state index in [0.29, 0.717) is 28.2 Å². The molecule has 1 saturated heterocycles. The minimum atomic E-state index is -0.225. The van der Waals surface area contributed by atoms with E-state index in [1.165, 1.54) is 37.8 Å². The van der Waals surface area contributed by atoms with Crippen molar-refractivity contribution < 1.29 is 14.3 Å². The van der Waals surface area contributed by atoms with Gasteiger partial charge in [0, 0.05) is 23.8 Å². The van der Waals surface area contributed by atoms with Gasteiger partial charge in [-0.15, -0.1) is 0 Å². The Kier molecular flexibility index (Phi) is 4.07. The number of rotatable bonds is 1. The second-order valence-electron chi connectivity index (χ2n) is 11.4. The summed E-state index contributed by atoms with van der Waals surface area (Å²) in [5, 5.41) is 0. The molecule has 3 aliphatic carbocycles. The quantitative estimate of drug-likeness (QED) is 0.596. The molecule has 146 valence electrons. The number of allylic oxidation sites excluding steroid dienone is 2. The van der Waals surface area contributed by atoms with Crippen LogP contribution in [0, 0.1) is 28.6 Å². The van der Waals surface area contributed by atoms with Crippen LogP contribution in [0.1, 0.15) is 79.6 Å². The van der Waals surface area contributed by atoms with Crippen LogP contribution >= 0.6 is 0 Å². The number of piperidine rings is 1. The van der Waals surface area contributed by atoms with Crippen LogP contribution in [-0.4, -0.2) is 29.6 Å². The van der Waals surface area contributed by atoms with Gasteiger partial charge in [0.2, 0.25) is 0 Å². The van der Waals surface area contributed by atoms with Crippen molar-refractivity contribution in [2.75, 3.05) is 13.6 Å². The van der Waals surface area contributed by atoms with Crippen molar-refractivity contribution in [3.05, 3.63) is 11.8 Å². The molecule has 0 radical (unpaired) electrons. The van der Waals surface area contributed by atoms with Crippen molar-refractivity contribution in [2.24, 2.45) is 28.6 Å². The zero-order chi connectivity index (χ0) is 19.0. The van der Waals surface area contributed by atoms with E-state index >= 15 is 0 Å². The zero-order valence-electron chi connectivity index (χ0n) is 17.7. The molecule has 2 saturated carbocycles. The predicted octanol–water partition coefficient (Wildman–Crippen LogP) is 5.26. The van der Waals surface area contributed by atoms with Gasteiger partial charge in [-0.25, -0.2) is 0 Å². The number of hydrogen-bond donors (Lipinski definition) is 0. The molecule has 0 amide bonds. The Morgan fingerprint density at radius 3 is 2.54 bits per heavy atom. The van der Waals surface area contributed by atoms with Gasteiger partial charge in [-0.05, 0) is 77.0 Å². The van der Waals surface area contributed by atoms with Gasteiger partial charge in [0.1, 0.15) is 19.2 Å². The Morgan fingerprint density at radius 1 is 1.12 bits per heavy atom. The zero-order valence-corrected chi connectivity index (χ0v) is 17.7. The first-order valence-electron chi connectivity index (χ1n) is 10.8. The highest BCUT2D eigenvalue weighted by Crippen LogP contribution is 2.65. The highest BCUT2D eigenvalue weighted by molar-refractivity contribution is 5.91. The number of hydrogen-bond acceptors (Lipinski definition) is 2. The molecule has 4 rings (SSSR count). The van der Waals surface area contributed by atoms with Gasteiger partial charge in [0.15, 0.2) is 11.5 Å². The van der Waals surface area contributed by atoms with Crippen LogP contribution in [0.15, 0.2) is 11.8 Å². The number of carbonyl (C=O) groups is 1. The highest BCUT2D eigenvalue weighted by Gasteiger charge is 2.64.